The van der Waals surface area contributed by atoms with E-state index in [1.807, 2.05) is 37.2 Å². The number of benzene rings is 2. The number of amides is 1. The zero-order chi connectivity index (χ0) is 17.5. The maximum absolute atomic E-state index is 13.7. The Bertz CT molecular complexity index is 674. The monoisotopic (exact) mass is 330 g/mol. The van der Waals surface area contributed by atoms with Crippen molar-refractivity contribution in [3.63, 3.8) is 0 Å². The molecular formula is C19H23FN2O2. The van der Waals surface area contributed by atoms with Gasteiger partial charge >= 0.3 is 0 Å². The second kappa shape index (κ2) is 8.57. The van der Waals surface area contributed by atoms with E-state index >= 15 is 0 Å². The quantitative estimate of drug-likeness (QED) is 0.820. The molecule has 2 aromatic rings. The van der Waals surface area contributed by atoms with Crippen LogP contribution < -0.4 is 5.32 Å². The number of nitrogens with one attached hydrogen (secondary N) is 1. The zero-order valence-corrected chi connectivity index (χ0v) is 14.0. The van der Waals surface area contributed by atoms with Crippen molar-refractivity contribution >= 4 is 5.91 Å². The molecule has 0 fully saturated rings. The minimum absolute atomic E-state index is 0.00420. The van der Waals surface area contributed by atoms with E-state index in [4.69, 9.17) is 0 Å². The van der Waals surface area contributed by atoms with E-state index in [1.165, 1.54) is 6.07 Å². The molecule has 1 atom stereocenters. The predicted molar refractivity (Wildman–Crippen MR) is 91.7 cm³/mol. The SMILES string of the molecule is CN(C)Cc1cc(CNC(=O)CC(O)c2ccccc2)ccc1F. The molecule has 0 aromatic heterocycles. The average Bonchev–Trinajstić information content (AvgIpc) is 2.56. The van der Waals surface area contributed by atoms with Gasteiger partial charge in [0.15, 0.2) is 0 Å². The van der Waals surface area contributed by atoms with E-state index in [1.54, 1.807) is 24.3 Å². The van der Waals surface area contributed by atoms with Crippen molar-refractivity contribution in [1.82, 2.24) is 10.2 Å². The summed E-state index contributed by atoms with van der Waals surface area (Å²) in [7, 11) is 3.75. The minimum atomic E-state index is -0.830. The first-order chi connectivity index (χ1) is 11.5. The molecule has 128 valence electrons. The summed E-state index contributed by atoms with van der Waals surface area (Å²) < 4.78 is 13.7. The Morgan fingerprint density at radius 2 is 1.92 bits per heavy atom. The van der Waals surface area contributed by atoms with Gasteiger partial charge in [-0.3, -0.25) is 4.79 Å². The van der Waals surface area contributed by atoms with Gasteiger partial charge in [0.2, 0.25) is 5.91 Å². The van der Waals surface area contributed by atoms with Crippen molar-refractivity contribution in [2.24, 2.45) is 0 Å². The summed E-state index contributed by atoms with van der Waals surface area (Å²) in [4.78, 5) is 13.9. The third-order valence-electron chi connectivity index (χ3n) is 3.65. The van der Waals surface area contributed by atoms with Gasteiger partial charge in [-0.15, -0.1) is 0 Å². The van der Waals surface area contributed by atoms with Crippen LogP contribution in [0.3, 0.4) is 0 Å². The van der Waals surface area contributed by atoms with Crippen molar-refractivity contribution < 1.29 is 14.3 Å². The Morgan fingerprint density at radius 3 is 2.58 bits per heavy atom. The molecule has 2 N–H and O–H groups in total. The number of carbonyl (C=O) groups is 1. The Morgan fingerprint density at radius 1 is 1.21 bits per heavy atom. The van der Waals surface area contributed by atoms with Gasteiger partial charge in [0.05, 0.1) is 12.5 Å². The molecule has 1 amide bonds. The van der Waals surface area contributed by atoms with Gasteiger partial charge in [-0.1, -0.05) is 36.4 Å². The van der Waals surface area contributed by atoms with E-state index in [2.05, 4.69) is 5.32 Å². The second-order valence-corrected chi connectivity index (χ2v) is 6.07. The molecule has 0 aliphatic heterocycles. The van der Waals surface area contributed by atoms with Crippen LogP contribution >= 0.6 is 0 Å². The summed E-state index contributed by atoms with van der Waals surface area (Å²) >= 11 is 0. The van der Waals surface area contributed by atoms with Gasteiger partial charge in [-0.05, 0) is 37.4 Å². The van der Waals surface area contributed by atoms with E-state index in [0.717, 1.165) is 5.56 Å². The number of carbonyl (C=O) groups excluding carboxylic acids is 1. The average molecular weight is 330 g/mol. The van der Waals surface area contributed by atoms with Crippen LogP contribution in [0.4, 0.5) is 4.39 Å². The summed E-state index contributed by atoms with van der Waals surface area (Å²) in [6.07, 6.45) is -0.834. The molecule has 0 bridgehead atoms. The number of hydrogen-bond acceptors (Lipinski definition) is 3. The molecule has 4 nitrogen and oxygen atoms in total. The highest BCUT2D eigenvalue weighted by Crippen LogP contribution is 2.16. The molecule has 2 rings (SSSR count). The van der Waals surface area contributed by atoms with Crippen LogP contribution in [-0.4, -0.2) is 30.0 Å². The second-order valence-electron chi connectivity index (χ2n) is 6.07. The molecule has 0 aliphatic rings. The standard InChI is InChI=1S/C19H23FN2O2/c1-22(2)13-16-10-14(8-9-17(16)20)12-21-19(24)11-18(23)15-6-4-3-5-7-15/h3-10,18,23H,11-13H2,1-2H3,(H,21,24). The Labute approximate surface area is 141 Å². The van der Waals surface area contributed by atoms with Gasteiger partial charge in [0.1, 0.15) is 5.82 Å². The molecule has 0 spiro atoms. The normalized spacial score (nSPS) is 12.2. The number of rotatable bonds is 7. The maximum atomic E-state index is 13.7. The Kier molecular flexibility index (Phi) is 6.46. The summed E-state index contributed by atoms with van der Waals surface area (Å²) in [6, 6.07) is 13.9. The molecule has 0 saturated heterocycles. The third kappa shape index (κ3) is 5.44. The highest BCUT2D eigenvalue weighted by Gasteiger charge is 2.13. The number of aliphatic hydroxyl groups excluding tert-OH is 1. The summed E-state index contributed by atoms with van der Waals surface area (Å²) in [6.45, 7) is 0.807. The van der Waals surface area contributed by atoms with Gasteiger partial charge in [-0.25, -0.2) is 4.39 Å². The van der Waals surface area contributed by atoms with E-state index < -0.39 is 6.10 Å². The maximum Gasteiger partial charge on any atom is 0.223 e. The summed E-state index contributed by atoms with van der Waals surface area (Å²) in [5.74, 6) is -0.497. The highest BCUT2D eigenvalue weighted by atomic mass is 19.1. The van der Waals surface area contributed by atoms with E-state index in [0.29, 0.717) is 24.2 Å². The lowest BCUT2D eigenvalue weighted by molar-refractivity contribution is -0.123. The van der Waals surface area contributed by atoms with Crippen LogP contribution in [0.2, 0.25) is 0 Å². The van der Waals surface area contributed by atoms with Crippen LogP contribution in [0.1, 0.15) is 29.2 Å². The molecule has 0 heterocycles. The summed E-state index contributed by atoms with van der Waals surface area (Å²) in [5, 5.41) is 12.8. The van der Waals surface area contributed by atoms with Crippen molar-refractivity contribution in [3.8, 4) is 0 Å². The molecule has 2 aromatic carbocycles. The lowest BCUT2D eigenvalue weighted by Crippen LogP contribution is -2.24. The van der Waals surface area contributed by atoms with Gasteiger partial charge in [0, 0.05) is 18.7 Å². The molecule has 0 radical (unpaired) electrons. The number of aliphatic hydroxyl groups is 1. The topological polar surface area (TPSA) is 52.6 Å². The van der Waals surface area contributed by atoms with Crippen LogP contribution in [0, 0.1) is 5.82 Å². The van der Waals surface area contributed by atoms with Crippen molar-refractivity contribution in [1.29, 1.82) is 0 Å². The van der Waals surface area contributed by atoms with Crippen LogP contribution in [-0.2, 0) is 17.9 Å². The van der Waals surface area contributed by atoms with Crippen molar-refractivity contribution in [2.45, 2.75) is 25.6 Å². The van der Waals surface area contributed by atoms with E-state index in [-0.39, 0.29) is 18.1 Å². The van der Waals surface area contributed by atoms with Crippen LogP contribution in [0.25, 0.3) is 0 Å². The number of nitrogens with zero attached hydrogens (tertiary/aromatic N) is 1. The Hall–Kier alpha value is -2.24. The highest BCUT2D eigenvalue weighted by molar-refractivity contribution is 5.76. The zero-order valence-electron chi connectivity index (χ0n) is 14.0. The first-order valence-electron chi connectivity index (χ1n) is 7.87. The molecule has 5 heteroatoms. The van der Waals surface area contributed by atoms with Crippen molar-refractivity contribution in [2.75, 3.05) is 14.1 Å². The largest absolute Gasteiger partial charge is 0.388 e. The number of hydrogen-bond donors (Lipinski definition) is 2. The molecular weight excluding hydrogens is 307 g/mol. The third-order valence-corrected chi connectivity index (χ3v) is 3.65. The summed E-state index contributed by atoms with van der Waals surface area (Å²) in [5.41, 5.74) is 2.13. The molecule has 0 aliphatic carbocycles. The van der Waals surface area contributed by atoms with Gasteiger partial charge in [-0.2, -0.15) is 0 Å². The fourth-order valence-corrected chi connectivity index (χ4v) is 2.44. The van der Waals surface area contributed by atoms with E-state index in [9.17, 15) is 14.3 Å². The fourth-order valence-electron chi connectivity index (χ4n) is 2.44. The predicted octanol–water partition coefficient (Wildman–Crippen LogP) is 2.63. The molecule has 24 heavy (non-hydrogen) atoms. The molecule has 0 saturated carbocycles. The first-order valence-corrected chi connectivity index (χ1v) is 7.87. The first kappa shape index (κ1) is 18.1. The Balaban J connectivity index is 1.89. The minimum Gasteiger partial charge on any atom is -0.388 e. The smallest absolute Gasteiger partial charge is 0.223 e. The van der Waals surface area contributed by atoms with Gasteiger partial charge in [0.25, 0.3) is 0 Å². The van der Waals surface area contributed by atoms with Crippen molar-refractivity contribution in [3.05, 3.63) is 71.0 Å². The fraction of sp³-hybridized carbons (Fsp3) is 0.316. The van der Waals surface area contributed by atoms with Crippen LogP contribution in [0.15, 0.2) is 48.5 Å². The lowest BCUT2D eigenvalue weighted by atomic mass is 10.1. The number of halogens is 1. The molecule has 1 unspecified atom stereocenters. The lowest BCUT2D eigenvalue weighted by Gasteiger charge is -2.13. The van der Waals surface area contributed by atoms with Gasteiger partial charge < -0.3 is 15.3 Å². The van der Waals surface area contributed by atoms with Crippen LogP contribution in [0.5, 0.6) is 0 Å².